The van der Waals surface area contributed by atoms with Crippen molar-refractivity contribution in [3.63, 3.8) is 0 Å². The lowest BCUT2D eigenvalue weighted by Gasteiger charge is -2.19. The molecular formula is C32H55NO8. The first-order valence-electron chi connectivity index (χ1n) is 15.1. The van der Waals surface area contributed by atoms with Gasteiger partial charge in [-0.3, -0.25) is 4.79 Å². The van der Waals surface area contributed by atoms with Gasteiger partial charge in [-0.05, 0) is 91.3 Å². The summed E-state index contributed by atoms with van der Waals surface area (Å²) in [5.41, 5.74) is 0.0717. The van der Waals surface area contributed by atoms with E-state index in [-0.39, 0.29) is 5.97 Å². The third-order valence-electron chi connectivity index (χ3n) is 5.54. The molecular weight excluding hydrogens is 526 g/mol. The summed E-state index contributed by atoms with van der Waals surface area (Å²) in [6.45, 7) is 16.0. The second-order valence-corrected chi connectivity index (χ2v) is 12.0. The summed E-state index contributed by atoms with van der Waals surface area (Å²) in [6, 6.07) is 7.73. The third kappa shape index (κ3) is 24.0. The number of hydrogen-bond donors (Lipinski definition) is 1. The summed E-state index contributed by atoms with van der Waals surface area (Å²) in [5.74, 6) is 0.696. The van der Waals surface area contributed by atoms with Gasteiger partial charge >= 0.3 is 12.1 Å². The molecule has 1 amide bonds. The van der Waals surface area contributed by atoms with E-state index in [1.807, 2.05) is 65.8 Å². The highest BCUT2D eigenvalue weighted by Crippen LogP contribution is 2.14. The number of esters is 1. The minimum atomic E-state index is -0.504. The Bertz CT molecular complexity index is 814. The van der Waals surface area contributed by atoms with Gasteiger partial charge in [-0.1, -0.05) is 25.0 Å². The Labute approximate surface area is 247 Å². The molecule has 0 bridgehead atoms. The van der Waals surface area contributed by atoms with Gasteiger partial charge in [0.2, 0.25) is 0 Å². The molecule has 0 aliphatic carbocycles. The molecule has 1 aromatic carbocycles. The van der Waals surface area contributed by atoms with E-state index >= 15 is 0 Å². The Morgan fingerprint density at radius 3 is 1.63 bits per heavy atom. The highest BCUT2D eigenvalue weighted by Gasteiger charge is 2.16. The van der Waals surface area contributed by atoms with Gasteiger partial charge in [-0.2, -0.15) is 0 Å². The van der Waals surface area contributed by atoms with Gasteiger partial charge in [0.25, 0.3) is 0 Å². The van der Waals surface area contributed by atoms with Crippen LogP contribution < -0.4 is 10.1 Å². The number of rotatable bonds is 22. The largest absolute Gasteiger partial charge is 0.494 e. The summed E-state index contributed by atoms with van der Waals surface area (Å²) in [4.78, 5) is 23.4. The van der Waals surface area contributed by atoms with Gasteiger partial charge in [-0.15, -0.1) is 0 Å². The fourth-order valence-corrected chi connectivity index (χ4v) is 3.63. The summed E-state index contributed by atoms with van der Waals surface area (Å²) in [7, 11) is 0. The van der Waals surface area contributed by atoms with Crippen molar-refractivity contribution in [2.24, 2.45) is 0 Å². The van der Waals surface area contributed by atoms with Crippen molar-refractivity contribution >= 4 is 12.1 Å². The molecule has 9 nitrogen and oxygen atoms in total. The zero-order chi connectivity index (χ0) is 30.4. The predicted molar refractivity (Wildman–Crippen MR) is 160 cm³/mol. The van der Waals surface area contributed by atoms with Crippen molar-refractivity contribution in [3.8, 4) is 5.75 Å². The molecule has 0 atom stereocenters. The van der Waals surface area contributed by atoms with Crippen molar-refractivity contribution in [2.45, 2.75) is 111 Å². The molecule has 0 spiro atoms. The number of nitrogens with one attached hydrogen (secondary N) is 1. The van der Waals surface area contributed by atoms with E-state index in [2.05, 4.69) is 5.32 Å². The molecule has 0 saturated heterocycles. The molecule has 0 heterocycles. The predicted octanol–water partition coefficient (Wildman–Crippen LogP) is 6.60. The number of carbonyl (C=O) groups is 2. The zero-order valence-corrected chi connectivity index (χ0v) is 26.4. The molecule has 9 heteroatoms. The molecule has 1 rings (SSSR count). The van der Waals surface area contributed by atoms with Crippen LogP contribution in [0.2, 0.25) is 0 Å². The van der Waals surface area contributed by atoms with Crippen LogP contribution >= 0.6 is 0 Å². The van der Waals surface area contributed by atoms with E-state index in [0.29, 0.717) is 52.6 Å². The Kier molecular flexibility index (Phi) is 19.1. The van der Waals surface area contributed by atoms with Crippen LogP contribution in [0.5, 0.6) is 5.75 Å². The molecule has 0 unspecified atom stereocenters. The second-order valence-electron chi connectivity index (χ2n) is 12.0. The van der Waals surface area contributed by atoms with Gasteiger partial charge in [0.1, 0.15) is 17.0 Å². The van der Waals surface area contributed by atoms with E-state index < -0.39 is 17.3 Å². The van der Waals surface area contributed by atoms with Gasteiger partial charge in [0, 0.05) is 26.2 Å². The number of alkyl carbamates (subject to hydrolysis) is 1. The molecule has 0 saturated carbocycles. The average Bonchev–Trinajstić information content (AvgIpc) is 2.87. The average molecular weight is 582 g/mol. The van der Waals surface area contributed by atoms with Crippen LogP contribution in [-0.4, -0.2) is 69.5 Å². The standard InChI is InChI=1S/C32H55NO8/c1-31(2,3)40-29(34)14-10-9-12-20-37-23-25-38-24-22-36-19-11-7-8-13-21-39-28-17-15-27(16-18-28)26-33-30(35)41-32(4,5)6/h15-18H,7-14,19-26H2,1-6H3,(H,33,35). The quantitative estimate of drug-likeness (QED) is 0.121. The van der Waals surface area contributed by atoms with Crippen LogP contribution in [0.3, 0.4) is 0 Å². The third-order valence-corrected chi connectivity index (χ3v) is 5.54. The molecule has 0 fully saturated rings. The number of ether oxygens (including phenoxy) is 6. The Morgan fingerprint density at radius 2 is 1.10 bits per heavy atom. The summed E-state index contributed by atoms with van der Waals surface area (Å²) >= 11 is 0. The summed E-state index contributed by atoms with van der Waals surface area (Å²) < 4.78 is 33.1. The lowest BCUT2D eigenvalue weighted by Crippen LogP contribution is -2.32. The maximum absolute atomic E-state index is 11.7. The van der Waals surface area contributed by atoms with Gasteiger partial charge in [0.05, 0.1) is 33.0 Å². The van der Waals surface area contributed by atoms with Crippen LogP contribution in [0.4, 0.5) is 4.79 Å². The number of benzene rings is 1. The van der Waals surface area contributed by atoms with Gasteiger partial charge in [-0.25, -0.2) is 4.79 Å². The van der Waals surface area contributed by atoms with Crippen LogP contribution in [0, 0.1) is 0 Å². The fraction of sp³-hybridized carbons (Fsp3) is 0.750. The van der Waals surface area contributed by atoms with Crippen molar-refractivity contribution < 1.29 is 38.0 Å². The Hall–Kier alpha value is -2.36. The SMILES string of the molecule is CC(C)(C)OC(=O)CCCCCOCCOCCOCCCCCCOc1ccc(CNC(=O)OC(C)(C)C)cc1. The van der Waals surface area contributed by atoms with Gasteiger partial charge < -0.3 is 33.7 Å². The van der Waals surface area contributed by atoms with Crippen LogP contribution in [0.25, 0.3) is 0 Å². The van der Waals surface area contributed by atoms with E-state index in [4.69, 9.17) is 28.4 Å². The highest BCUT2D eigenvalue weighted by atomic mass is 16.6. The second kappa shape index (κ2) is 21.4. The first-order chi connectivity index (χ1) is 19.4. The maximum Gasteiger partial charge on any atom is 0.407 e. The smallest absolute Gasteiger partial charge is 0.407 e. The normalized spacial score (nSPS) is 11.8. The molecule has 1 N–H and O–H groups in total. The molecule has 0 aromatic heterocycles. The minimum absolute atomic E-state index is 0.133. The first-order valence-corrected chi connectivity index (χ1v) is 15.1. The van der Waals surface area contributed by atoms with E-state index in [9.17, 15) is 9.59 Å². The Balaban J connectivity index is 1.84. The van der Waals surface area contributed by atoms with Crippen molar-refractivity contribution in [1.82, 2.24) is 5.32 Å². The van der Waals surface area contributed by atoms with E-state index in [0.717, 1.165) is 62.9 Å². The van der Waals surface area contributed by atoms with Gasteiger partial charge in [0.15, 0.2) is 0 Å². The van der Waals surface area contributed by atoms with Crippen molar-refractivity contribution in [3.05, 3.63) is 29.8 Å². The number of unbranched alkanes of at least 4 members (excludes halogenated alkanes) is 5. The van der Waals surface area contributed by atoms with Crippen LogP contribution in [-0.2, 0) is 35.0 Å². The van der Waals surface area contributed by atoms with E-state index in [1.165, 1.54) is 0 Å². The van der Waals surface area contributed by atoms with Crippen LogP contribution in [0.1, 0.15) is 98.5 Å². The lowest BCUT2D eigenvalue weighted by molar-refractivity contribution is -0.154. The van der Waals surface area contributed by atoms with E-state index in [1.54, 1.807) is 0 Å². The minimum Gasteiger partial charge on any atom is -0.494 e. The molecule has 0 aliphatic heterocycles. The van der Waals surface area contributed by atoms with Crippen LogP contribution in [0.15, 0.2) is 24.3 Å². The molecule has 41 heavy (non-hydrogen) atoms. The molecule has 0 aliphatic rings. The monoisotopic (exact) mass is 581 g/mol. The zero-order valence-electron chi connectivity index (χ0n) is 26.4. The summed E-state index contributed by atoms with van der Waals surface area (Å²) in [5, 5.41) is 2.75. The molecule has 0 radical (unpaired) electrons. The molecule has 236 valence electrons. The maximum atomic E-state index is 11.7. The lowest BCUT2D eigenvalue weighted by atomic mass is 10.1. The highest BCUT2D eigenvalue weighted by molar-refractivity contribution is 5.69. The number of amides is 1. The van der Waals surface area contributed by atoms with Crippen molar-refractivity contribution in [2.75, 3.05) is 46.2 Å². The Morgan fingerprint density at radius 1 is 0.610 bits per heavy atom. The topological polar surface area (TPSA) is 102 Å². The summed E-state index contributed by atoms with van der Waals surface area (Å²) in [6.07, 6.45) is 6.97. The number of hydrogen-bond acceptors (Lipinski definition) is 8. The fourth-order valence-electron chi connectivity index (χ4n) is 3.63. The molecule has 1 aromatic rings. The number of carbonyl (C=O) groups excluding carboxylic acids is 2. The van der Waals surface area contributed by atoms with Crippen molar-refractivity contribution in [1.29, 1.82) is 0 Å². The first kappa shape index (κ1) is 36.7.